The molecule has 1 aromatic heterocycles. The van der Waals surface area contributed by atoms with E-state index in [0.29, 0.717) is 31.1 Å². The third-order valence-corrected chi connectivity index (χ3v) is 3.26. The fourth-order valence-corrected chi connectivity index (χ4v) is 2.06. The van der Waals surface area contributed by atoms with Crippen molar-refractivity contribution in [1.29, 1.82) is 0 Å². The molecular formula is C12H22N4O3. The second kappa shape index (κ2) is 7.42. The number of hydrogen-bond donors (Lipinski definition) is 1. The summed E-state index contributed by atoms with van der Waals surface area (Å²) in [6.07, 6.45) is 2.00. The number of anilines is 1. The minimum absolute atomic E-state index is 0.420. The van der Waals surface area contributed by atoms with Crippen LogP contribution in [-0.4, -0.2) is 56.8 Å². The number of methoxy groups -OCH3 is 1. The normalized spacial score (nSPS) is 16.7. The van der Waals surface area contributed by atoms with Crippen molar-refractivity contribution in [3.8, 4) is 0 Å². The number of hydrogen-bond acceptors (Lipinski definition) is 7. The third-order valence-electron chi connectivity index (χ3n) is 3.26. The molecule has 0 unspecified atom stereocenters. The van der Waals surface area contributed by atoms with Crippen molar-refractivity contribution < 1.29 is 13.9 Å². The lowest BCUT2D eigenvalue weighted by atomic mass is 10.1. The molecule has 2 rings (SSSR count). The maximum absolute atomic E-state index is 5.64. The van der Waals surface area contributed by atoms with Crippen LogP contribution in [0.15, 0.2) is 4.42 Å². The van der Waals surface area contributed by atoms with Gasteiger partial charge in [-0.25, -0.2) is 0 Å². The molecule has 1 aliphatic rings. The summed E-state index contributed by atoms with van der Waals surface area (Å²) in [5.41, 5.74) is 0. The summed E-state index contributed by atoms with van der Waals surface area (Å²) in [5, 5.41) is 11.3. The summed E-state index contributed by atoms with van der Waals surface area (Å²) in [6, 6.07) is 0.999. The molecule has 1 saturated heterocycles. The zero-order chi connectivity index (χ0) is 13.5. The summed E-state index contributed by atoms with van der Waals surface area (Å²) in [7, 11) is 3.67. The fourth-order valence-electron chi connectivity index (χ4n) is 2.06. The Morgan fingerprint density at radius 3 is 2.89 bits per heavy atom. The fraction of sp³-hybridized carbons (Fsp3) is 0.833. The maximum Gasteiger partial charge on any atom is 0.318 e. The molecule has 0 aromatic carbocycles. The molecule has 0 spiro atoms. The van der Waals surface area contributed by atoms with Crippen LogP contribution in [0, 0.1) is 0 Å². The summed E-state index contributed by atoms with van der Waals surface area (Å²) in [6.45, 7) is 3.61. The molecule has 7 heteroatoms. The van der Waals surface area contributed by atoms with E-state index in [9.17, 15) is 0 Å². The van der Waals surface area contributed by atoms with Crippen LogP contribution >= 0.6 is 0 Å². The molecule has 0 bridgehead atoms. The van der Waals surface area contributed by atoms with E-state index >= 15 is 0 Å². The Labute approximate surface area is 113 Å². The highest BCUT2D eigenvalue weighted by Crippen LogP contribution is 2.19. The van der Waals surface area contributed by atoms with E-state index in [1.54, 1.807) is 7.11 Å². The first-order valence-electron chi connectivity index (χ1n) is 6.64. The van der Waals surface area contributed by atoms with Crippen molar-refractivity contribution in [1.82, 2.24) is 15.5 Å². The summed E-state index contributed by atoms with van der Waals surface area (Å²) in [4.78, 5) is 2.05. The SMILES string of the molecule is COCCNCc1nnc(N(C)C2CCOCC2)o1. The van der Waals surface area contributed by atoms with Crippen molar-refractivity contribution in [2.24, 2.45) is 0 Å². The first-order valence-corrected chi connectivity index (χ1v) is 6.64. The Morgan fingerprint density at radius 2 is 2.16 bits per heavy atom. The number of nitrogens with one attached hydrogen (secondary N) is 1. The molecule has 108 valence electrons. The Hall–Kier alpha value is -1.18. The summed E-state index contributed by atoms with van der Waals surface area (Å²) in [5.74, 6) is 0.602. The van der Waals surface area contributed by atoms with E-state index < -0.39 is 0 Å². The molecular weight excluding hydrogens is 248 g/mol. The van der Waals surface area contributed by atoms with Crippen LogP contribution < -0.4 is 10.2 Å². The molecule has 1 aromatic rings. The van der Waals surface area contributed by atoms with E-state index in [1.165, 1.54) is 0 Å². The Bertz CT molecular complexity index is 366. The number of nitrogens with zero attached hydrogens (tertiary/aromatic N) is 3. The van der Waals surface area contributed by atoms with Gasteiger partial charge < -0.3 is 24.1 Å². The largest absolute Gasteiger partial charge is 0.407 e. The molecule has 0 aliphatic carbocycles. The molecule has 1 N–H and O–H groups in total. The van der Waals surface area contributed by atoms with Gasteiger partial charge in [0.25, 0.3) is 0 Å². The van der Waals surface area contributed by atoms with Gasteiger partial charge in [0.1, 0.15) is 0 Å². The standard InChI is InChI=1S/C12H22N4O3/c1-16(10-3-6-18-7-4-10)12-15-14-11(19-12)9-13-5-8-17-2/h10,13H,3-9H2,1-2H3. The van der Waals surface area contributed by atoms with Gasteiger partial charge in [-0.2, -0.15) is 0 Å². The Balaban J connectivity index is 1.81. The Kier molecular flexibility index (Phi) is 5.56. The van der Waals surface area contributed by atoms with Gasteiger partial charge >= 0.3 is 6.01 Å². The number of aromatic nitrogens is 2. The zero-order valence-corrected chi connectivity index (χ0v) is 11.6. The monoisotopic (exact) mass is 270 g/mol. The van der Waals surface area contributed by atoms with Crippen molar-refractivity contribution in [3.63, 3.8) is 0 Å². The van der Waals surface area contributed by atoms with E-state index in [0.717, 1.165) is 32.6 Å². The second-order valence-corrected chi connectivity index (χ2v) is 4.60. The molecule has 0 amide bonds. The molecule has 0 radical (unpaired) electrons. The van der Waals surface area contributed by atoms with Gasteiger partial charge in [0.2, 0.25) is 5.89 Å². The third kappa shape index (κ3) is 4.15. The van der Waals surface area contributed by atoms with E-state index in [2.05, 4.69) is 15.5 Å². The minimum atomic E-state index is 0.420. The van der Waals surface area contributed by atoms with Gasteiger partial charge in [0.05, 0.1) is 13.2 Å². The highest BCUT2D eigenvalue weighted by atomic mass is 16.5. The highest BCUT2D eigenvalue weighted by molar-refractivity contribution is 5.24. The lowest BCUT2D eigenvalue weighted by Gasteiger charge is -2.29. The van der Waals surface area contributed by atoms with Crippen molar-refractivity contribution >= 4 is 6.01 Å². The van der Waals surface area contributed by atoms with Crippen LogP contribution in [0.2, 0.25) is 0 Å². The van der Waals surface area contributed by atoms with E-state index in [1.807, 2.05) is 11.9 Å². The van der Waals surface area contributed by atoms with Gasteiger partial charge in [0.15, 0.2) is 0 Å². The molecule has 7 nitrogen and oxygen atoms in total. The topological polar surface area (TPSA) is 72.7 Å². The van der Waals surface area contributed by atoms with Crippen LogP contribution in [0.1, 0.15) is 18.7 Å². The van der Waals surface area contributed by atoms with Crippen molar-refractivity contribution in [2.75, 3.05) is 45.4 Å². The van der Waals surface area contributed by atoms with Gasteiger partial charge in [-0.1, -0.05) is 5.10 Å². The van der Waals surface area contributed by atoms with Crippen molar-refractivity contribution in [3.05, 3.63) is 5.89 Å². The van der Waals surface area contributed by atoms with Crippen LogP contribution in [0.4, 0.5) is 6.01 Å². The first kappa shape index (κ1) is 14.2. The predicted octanol–water partition coefficient (Wildman–Crippen LogP) is 0.421. The van der Waals surface area contributed by atoms with Crippen LogP contribution in [0.3, 0.4) is 0 Å². The molecule has 0 atom stereocenters. The molecule has 1 fully saturated rings. The van der Waals surface area contributed by atoms with Crippen LogP contribution in [-0.2, 0) is 16.0 Å². The minimum Gasteiger partial charge on any atom is -0.407 e. The summed E-state index contributed by atoms with van der Waals surface area (Å²) >= 11 is 0. The van der Waals surface area contributed by atoms with E-state index in [4.69, 9.17) is 13.9 Å². The summed E-state index contributed by atoms with van der Waals surface area (Å²) < 4.78 is 15.9. The number of rotatable bonds is 7. The van der Waals surface area contributed by atoms with Crippen molar-refractivity contribution in [2.45, 2.75) is 25.4 Å². The van der Waals surface area contributed by atoms with Crippen LogP contribution in [0.5, 0.6) is 0 Å². The maximum atomic E-state index is 5.64. The Morgan fingerprint density at radius 1 is 1.37 bits per heavy atom. The quantitative estimate of drug-likeness (QED) is 0.720. The molecule has 1 aliphatic heterocycles. The first-order chi connectivity index (χ1) is 9.31. The second-order valence-electron chi connectivity index (χ2n) is 4.60. The smallest absolute Gasteiger partial charge is 0.318 e. The van der Waals surface area contributed by atoms with Gasteiger partial charge in [-0.05, 0) is 12.8 Å². The highest BCUT2D eigenvalue weighted by Gasteiger charge is 2.22. The molecule has 0 saturated carbocycles. The average Bonchev–Trinajstić information content (AvgIpc) is 2.92. The average molecular weight is 270 g/mol. The van der Waals surface area contributed by atoms with Gasteiger partial charge in [-0.3, -0.25) is 0 Å². The van der Waals surface area contributed by atoms with Gasteiger partial charge in [0, 0.05) is 40.0 Å². The number of ether oxygens (including phenoxy) is 2. The van der Waals surface area contributed by atoms with Gasteiger partial charge in [-0.15, -0.1) is 5.10 Å². The molecule has 19 heavy (non-hydrogen) atoms. The lowest BCUT2D eigenvalue weighted by molar-refractivity contribution is 0.0845. The lowest BCUT2D eigenvalue weighted by Crippen LogP contribution is -2.36. The van der Waals surface area contributed by atoms with Crippen LogP contribution in [0.25, 0.3) is 0 Å². The zero-order valence-electron chi connectivity index (χ0n) is 11.6. The van der Waals surface area contributed by atoms with E-state index in [-0.39, 0.29) is 0 Å². The predicted molar refractivity (Wildman–Crippen MR) is 70.1 cm³/mol. The molecule has 2 heterocycles.